The summed E-state index contributed by atoms with van der Waals surface area (Å²) in [5.41, 5.74) is 2.98. The number of Topliss-reactive ketones (excluding diaryl/α,β-unsaturated/α-hetero) is 1. The summed E-state index contributed by atoms with van der Waals surface area (Å²) in [5, 5.41) is 0. The summed E-state index contributed by atoms with van der Waals surface area (Å²) in [5.74, 6) is 0.443. The van der Waals surface area contributed by atoms with Crippen molar-refractivity contribution in [2.45, 2.75) is 12.3 Å². The van der Waals surface area contributed by atoms with E-state index in [1.807, 2.05) is 36.4 Å². The number of aromatic nitrogens is 1. The molecule has 0 saturated carbocycles. The number of fused-ring (bicyclic) bond motifs is 3. The van der Waals surface area contributed by atoms with Gasteiger partial charge in [0.15, 0.2) is 5.76 Å². The number of ether oxygens (including phenoxy) is 2. The Morgan fingerprint density at radius 3 is 2.61 bits per heavy atom. The monoisotopic (exact) mass is 369 g/mol. The maximum absolute atomic E-state index is 12.9. The fourth-order valence-corrected chi connectivity index (χ4v) is 3.69. The Morgan fingerprint density at radius 1 is 0.964 bits per heavy atom. The van der Waals surface area contributed by atoms with Gasteiger partial charge in [-0.1, -0.05) is 36.4 Å². The summed E-state index contributed by atoms with van der Waals surface area (Å²) in [4.78, 5) is 29.1. The molecule has 136 valence electrons. The Kier molecular flexibility index (Phi) is 3.79. The van der Waals surface area contributed by atoms with Crippen LogP contribution in [-0.2, 0) is 4.79 Å². The lowest BCUT2D eigenvalue weighted by atomic mass is 9.85. The number of pyridine rings is 1. The topological polar surface area (TPSA) is 65.5 Å². The maximum Gasteiger partial charge on any atom is 0.312 e. The maximum atomic E-state index is 12.9. The number of ketones is 1. The molecule has 0 amide bonds. The van der Waals surface area contributed by atoms with Gasteiger partial charge in [0.05, 0.1) is 12.0 Å². The lowest BCUT2D eigenvalue weighted by Crippen LogP contribution is -2.21. The van der Waals surface area contributed by atoms with Gasteiger partial charge in [-0.15, -0.1) is 0 Å². The second-order valence-electron chi connectivity index (χ2n) is 6.72. The third kappa shape index (κ3) is 2.68. The van der Waals surface area contributed by atoms with Gasteiger partial charge in [0.1, 0.15) is 11.5 Å². The third-order valence-electron chi connectivity index (χ3n) is 4.96. The van der Waals surface area contributed by atoms with Gasteiger partial charge in [-0.3, -0.25) is 14.6 Å². The zero-order valence-electron chi connectivity index (χ0n) is 14.8. The van der Waals surface area contributed by atoms with Crippen molar-refractivity contribution in [1.29, 1.82) is 0 Å². The molecule has 0 fully saturated rings. The Balaban J connectivity index is 1.63. The first kappa shape index (κ1) is 16.4. The van der Waals surface area contributed by atoms with Crippen molar-refractivity contribution in [1.82, 2.24) is 4.98 Å². The predicted octanol–water partition coefficient (Wildman–Crippen LogP) is 4.14. The van der Waals surface area contributed by atoms with Crippen molar-refractivity contribution in [3.05, 3.63) is 95.0 Å². The number of allylic oxidation sites excluding steroid dienone is 1. The van der Waals surface area contributed by atoms with Gasteiger partial charge in [-0.05, 0) is 35.4 Å². The van der Waals surface area contributed by atoms with Crippen LogP contribution in [-0.4, -0.2) is 16.7 Å². The van der Waals surface area contributed by atoms with Crippen LogP contribution in [0, 0.1) is 0 Å². The quantitative estimate of drug-likeness (QED) is 0.386. The highest BCUT2D eigenvalue weighted by Gasteiger charge is 2.38. The normalized spacial score (nSPS) is 19.0. The Hall–Kier alpha value is -3.73. The molecule has 3 heterocycles. The van der Waals surface area contributed by atoms with E-state index in [4.69, 9.17) is 9.47 Å². The SMILES string of the molecule is O=C1C[C@@H](c2ccccc2)c2c(ccc3c2O/C(=C\c2cccnc2)C3=O)O1. The molecular formula is C23H15NO4. The van der Waals surface area contributed by atoms with Gasteiger partial charge < -0.3 is 9.47 Å². The molecule has 0 saturated heterocycles. The number of hydrogen-bond donors (Lipinski definition) is 0. The van der Waals surface area contributed by atoms with Gasteiger partial charge in [0.25, 0.3) is 0 Å². The van der Waals surface area contributed by atoms with Crippen molar-refractivity contribution < 1.29 is 19.1 Å². The van der Waals surface area contributed by atoms with Crippen LogP contribution in [0.1, 0.15) is 39.4 Å². The zero-order valence-corrected chi connectivity index (χ0v) is 14.8. The lowest BCUT2D eigenvalue weighted by Gasteiger charge is -2.26. The summed E-state index contributed by atoms with van der Waals surface area (Å²) >= 11 is 0. The van der Waals surface area contributed by atoms with Crippen LogP contribution in [0.15, 0.2) is 72.8 Å². The fraction of sp³-hybridized carbons (Fsp3) is 0.0870. The summed E-state index contributed by atoms with van der Waals surface area (Å²) in [7, 11) is 0. The number of hydrogen-bond acceptors (Lipinski definition) is 5. The van der Waals surface area contributed by atoms with E-state index in [0.29, 0.717) is 17.1 Å². The fourth-order valence-electron chi connectivity index (χ4n) is 3.69. The average molecular weight is 369 g/mol. The minimum atomic E-state index is -0.295. The van der Waals surface area contributed by atoms with Crippen molar-refractivity contribution >= 4 is 17.8 Å². The molecule has 0 N–H and O–H groups in total. The highest BCUT2D eigenvalue weighted by Crippen LogP contribution is 2.48. The molecule has 2 aliphatic heterocycles. The first-order valence-electron chi connectivity index (χ1n) is 8.97. The molecule has 1 atom stereocenters. The number of carbonyl (C=O) groups excluding carboxylic acids is 2. The molecule has 3 aromatic rings. The molecule has 2 aliphatic rings. The number of benzene rings is 2. The number of rotatable bonds is 2. The summed E-state index contributed by atoms with van der Waals surface area (Å²) in [6.45, 7) is 0. The van der Waals surface area contributed by atoms with E-state index in [9.17, 15) is 9.59 Å². The largest absolute Gasteiger partial charge is 0.452 e. The highest BCUT2D eigenvalue weighted by molar-refractivity contribution is 6.15. The summed E-state index contributed by atoms with van der Waals surface area (Å²) in [6, 6.07) is 16.7. The van der Waals surface area contributed by atoms with E-state index in [0.717, 1.165) is 16.7 Å². The zero-order chi connectivity index (χ0) is 19.1. The van der Waals surface area contributed by atoms with Gasteiger partial charge in [0, 0.05) is 23.9 Å². The molecule has 1 aromatic heterocycles. The Morgan fingerprint density at radius 2 is 1.82 bits per heavy atom. The molecule has 0 unspecified atom stereocenters. The van der Waals surface area contributed by atoms with Crippen LogP contribution in [0.25, 0.3) is 6.08 Å². The second-order valence-corrected chi connectivity index (χ2v) is 6.72. The number of esters is 1. The van der Waals surface area contributed by atoms with Crippen LogP contribution in [0.5, 0.6) is 11.5 Å². The van der Waals surface area contributed by atoms with Crippen molar-refractivity contribution in [3.63, 3.8) is 0 Å². The van der Waals surface area contributed by atoms with E-state index >= 15 is 0 Å². The van der Waals surface area contributed by atoms with E-state index in [-0.39, 0.29) is 29.9 Å². The molecule has 0 bridgehead atoms. The van der Waals surface area contributed by atoms with E-state index in [1.165, 1.54) is 0 Å². The highest BCUT2D eigenvalue weighted by atomic mass is 16.5. The molecule has 5 nitrogen and oxygen atoms in total. The molecule has 2 aromatic carbocycles. The standard InChI is InChI=1S/C23H15NO4/c25-20-12-17(15-6-2-1-3-7-15)21-18(27-20)9-8-16-22(26)19(28-23(16)21)11-14-5-4-10-24-13-14/h1-11,13,17H,12H2/b19-11-/t17-/m0/s1. The Labute approximate surface area is 161 Å². The molecular weight excluding hydrogens is 354 g/mol. The van der Waals surface area contributed by atoms with Crippen LogP contribution in [0.3, 0.4) is 0 Å². The third-order valence-corrected chi connectivity index (χ3v) is 4.96. The first-order chi connectivity index (χ1) is 13.7. The Bertz CT molecular complexity index is 1120. The van der Waals surface area contributed by atoms with Gasteiger partial charge in [-0.2, -0.15) is 0 Å². The van der Waals surface area contributed by atoms with Crippen molar-refractivity contribution in [2.75, 3.05) is 0 Å². The molecule has 5 rings (SSSR count). The smallest absolute Gasteiger partial charge is 0.312 e. The minimum absolute atomic E-state index is 0.189. The van der Waals surface area contributed by atoms with E-state index < -0.39 is 0 Å². The predicted molar refractivity (Wildman–Crippen MR) is 102 cm³/mol. The van der Waals surface area contributed by atoms with Crippen LogP contribution < -0.4 is 9.47 Å². The van der Waals surface area contributed by atoms with Gasteiger partial charge in [-0.25, -0.2) is 0 Å². The summed E-state index contributed by atoms with van der Waals surface area (Å²) in [6.07, 6.45) is 5.21. The second kappa shape index (κ2) is 6.46. The van der Waals surface area contributed by atoms with Crippen molar-refractivity contribution in [3.8, 4) is 11.5 Å². The first-order valence-corrected chi connectivity index (χ1v) is 8.97. The van der Waals surface area contributed by atoms with Gasteiger partial charge in [0.2, 0.25) is 5.78 Å². The van der Waals surface area contributed by atoms with Crippen LogP contribution in [0.4, 0.5) is 0 Å². The van der Waals surface area contributed by atoms with E-state index in [2.05, 4.69) is 4.98 Å². The molecule has 0 radical (unpaired) electrons. The van der Waals surface area contributed by atoms with Crippen LogP contribution >= 0.6 is 0 Å². The number of carbonyl (C=O) groups is 2. The summed E-state index contributed by atoms with van der Waals surface area (Å²) < 4.78 is 11.4. The number of nitrogens with zero attached hydrogens (tertiary/aromatic N) is 1. The van der Waals surface area contributed by atoms with Gasteiger partial charge >= 0.3 is 5.97 Å². The molecule has 5 heteroatoms. The molecule has 28 heavy (non-hydrogen) atoms. The minimum Gasteiger partial charge on any atom is -0.452 e. The molecule has 0 spiro atoms. The lowest BCUT2D eigenvalue weighted by molar-refractivity contribution is -0.135. The van der Waals surface area contributed by atoms with Crippen LogP contribution in [0.2, 0.25) is 0 Å². The average Bonchev–Trinajstić information content (AvgIpc) is 3.04. The molecule has 0 aliphatic carbocycles. The van der Waals surface area contributed by atoms with E-state index in [1.54, 1.807) is 36.7 Å². The van der Waals surface area contributed by atoms with Crippen molar-refractivity contribution in [2.24, 2.45) is 0 Å².